The van der Waals surface area contributed by atoms with Gasteiger partial charge in [0.25, 0.3) is 0 Å². The van der Waals surface area contributed by atoms with Crippen LogP contribution in [0.4, 0.5) is 34.6 Å². The topological polar surface area (TPSA) is 99.3 Å². The van der Waals surface area contributed by atoms with E-state index in [0.717, 1.165) is 37.3 Å². The van der Waals surface area contributed by atoms with Gasteiger partial charge in [-0.3, -0.25) is 0 Å². The molecule has 0 spiro atoms. The highest BCUT2D eigenvalue weighted by Crippen LogP contribution is 2.27. The summed E-state index contributed by atoms with van der Waals surface area (Å²) in [4.78, 5) is 4.62. The van der Waals surface area contributed by atoms with Crippen LogP contribution < -0.4 is 18.9 Å². The highest BCUT2D eigenvalue weighted by molar-refractivity contribution is 5.59. The van der Waals surface area contributed by atoms with Crippen molar-refractivity contribution in [1.82, 2.24) is 19.6 Å². The normalized spacial score (nSPS) is 11.1. The van der Waals surface area contributed by atoms with Crippen molar-refractivity contribution in [3.63, 3.8) is 0 Å². The third-order valence-corrected chi connectivity index (χ3v) is 6.94. The molecular weight excluding hydrogens is 528 g/mol. The molecule has 0 saturated carbocycles. The molecule has 0 radical (unpaired) electrons. The zero-order chi connectivity index (χ0) is 28.8. The molecule has 0 saturated heterocycles. The molecule has 4 aromatic rings. The largest absolute Gasteiger partial charge is 0.403 e. The second-order valence-corrected chi connectivity index (χ2v) is 10.2. The van der Waals surface area contributed by atoms with E-state index in [9.17, 15) is 0 Å². The Bertz CT molecular complexity index is 1360. The van der Waals surface area contributed by atoms with Crippen LogP contribution in [0.15, 0.2) is 69.5 Å². The molecule has 2 heterocycles. The van der Waals surface area contributed by atoms with Crippen LogP contribution in [0.1, 0.15) is 24.0 Å². The first kappa shape index (κ1) is 33.7. The predicted molar refractivity (Wildman–Crippen MR) is 168 cm³/mol. The van der Waals surface area contributed by atoms with Crippen LogP contribution in [0.3, 0.4) is 0 Å². The number of azo groups is 2. The minimum absolute atomic E-state index is 0. The Morgan fingerprint density at radius 2 is 1.05 bits per heavy atom. The lowest BCUT2D eigenvalue weighted by molar-refractivity contribution is -0.659. The lowest BCUT2D eigenvalue weighted by atomic mass is 10.1. The van der Waals surface area contributed by atoms with Gasteiger partial charge in [-0.2, -0.15) is 0 Å². The summed E-state index contributed by atoms with van der Waals surface area (Å²) in [5, 5.41) is 25.9. The quantitative estimate of drug-likeness (QED) is 0.102. The maximum atomic E-state index is 4.40. The van der Waals surface area contributed by atoms with Gasteiger partial charge in [0.15, 0.2) is 0 Å². The Hall–Kier alpha value is -4.48. The van der Waals surface area contributed by atoms with Gasteiger partial charge in [-0.25, -0.2) is 9.13 Å². The van der Waals surface area contributed by atoms with Crippen LogP contribution in [0.25, 0.3) is 0 Å². The van der Waals surface area contributed by atoms with Crippen LogP contribution >= 0.6 is 0 Å². The third kappa shape index (κ3) is 8.05. The number of hydrogen-bond donors (Lipinski definition) is 0. The first-order valence-electron chi connectivity index (χ1n) is 13.4. The van der Waals surface area contributed by atoms with Crippen molar-refractivity contribution in [3.05, 3.63) is 75.0 Å². The van der Waals surface area contributed by atoms with Gasteiger partial charge in [0.05, 0.1) is 39.6 Å². The summed E-state index contributed by atoms with van der Waals surface area (Å²) < 4.78 is 7.07. The lowest BCUT2D eigenvalue weighted by Crippen LogP contribution is -2.25. The first-order chi connectivity index (χ1) is 19.1. The number of aromatic nitrogens is 6. The Morgan fingerprint density at radius 3 is 1.36 bits per heavy atom. The molecule has 0 fully saturated rings. The van der Waals surface area contributed by atoms with Crippen LogP contribution in [-0.4, -0.2) is 46.7 Å². The van der Waals surface area contributed by atoms with Crippen molar-refractivity contribution < 1.29 is 9.13 Å². The SMILES string of the molecule is Cc1cc(N=Nc2n(C)nc[n+]2C)ccc1N(C)CCCCN(C)c1ccc(N=Nc2n(C)nc[n+]2C)cc1C.[CH3-].[CH3-]. The number of unbranched alkanes of at least 4 members (excludes halogenated alkanes) is 1. The third-order valence-electron chi connectivity index (χ3n) is 6.94. The monoisotopic (exact) mass is 574 g/mol. The molecule has 0 atom stereocenters. The molecule has 226 valence electrons. The maximum Gasteiger partial charge on any atom is 0.403 e. The van der Waals surface area contributed by atoms with E-state index in [-0.39, 0.29) is 14.9 Å². The number of nitrogens with zero attached hydrogens (tertiary/aromatic N) is 12. The van der Waals surface area contributed by atoms with Gasteiger partial charge in [-0.15, -0.1) is 9.36 Å². The average Bonchev–Trinajstić information content (AvgIpc) is 3.42. The van der Waals surface area contributed by atoms with Crippen LogP contribution in [0.5, 0.6) is 0 Å². The molecule has 2 aromatic carbocycles. The number of rotatable bonds is 11. The highest BCUT2D eigenvalue weighted by Gasteiger charge is 2.13. The molecule has 12 nitrogen and oxygen atoms in total. The maximum absolute atomic E-state index is 4.40. The number of anilines is 2. The van der Waals surface area contributed by atoms with Gasteiger partial charge in [0.1, 0.15) is 0 Å². The first-order valence-corrected chi connectivity index (χ1v) is 13.4. The second-order valence-electron chi connectivity index (χ2n) is 10.2. The van der Waals surface area contributed by atoms with Crippen LogP contribution in [0, 0.1) is 28.7 Å². The summed E-state index contributed by atoms with van der Waals surface area (Å²) >= 11 is 0. The summed E-state index contributed by atoms with van der Waals surface area (Å²) in [6, 6.07) is 12.4. The van der Waals surface area contributed by atoms with Gasteiger partial charge in [0, 0.05) is 48.8 Å². The van der Waals surface area contributed by atoms with E-state index in [4.69, 9.17) is 0 Å². The molecule has 0 amide bonds. The van der Waals surface area contributed by atoms with Crippen molar-refractivity contribution in [3.8, 4) is 0 Å². The molecule has 0 aliphatic rings. The van der Waals surface area contributed by atoms with Crippen molar-refractivity contribution in [2.45, 2.75) is 26.7 Å². The minimum atomic E-state index is 0. The van der Waals surface area contributed by atoms with E-state index in [1.807, 2.05) is 49.5 Å². The van der Waals surface area contributed by atoms with E-state index in [1.165, 1.54) is 22.5 Å². The molecule has 12 heteroatoms. The van der Waals surface area contributed by atoms with Crippen molar-refractivity contribution in [1.29, 1.82) is 0 Å². The molecule has 0 N–H and O–H groups in total. The van der Waals surface area contributed by atoms with E-state index >= 15 is 0 Å². The van der Waals surface area contributed by atoms with Gasteiger partial charge < -0.3 is 24.7 Å². The standard InChI is InChI=1S/C28H40N12.2CH3/c1-21-17-23(31-33-27-37(5)19-29-39(27)7)11-13-25(21)35(3)15-9-10-16-36(4)26-14-12-24(18-22(26)2)32-34-28-38(6)20-30-40(28)8;;/h11-14,17-20H,9-10,15-16H2,1-8H3;2*1H3/q+2;2*-1. The summed E-state index contributed by atoms with van der Waals surface area (Å²) in [5.74, 6) is 1.38. The van der Waals surface area contributed by atoms with Gasteiger partial charge in [0.2, 0.25) is 12.7 Å². The van der Waals surface area contributed by atoms with E-state index in [1.54, 1.807) is 22.0 Å². The van der Waals surface area contributed by atoms with Crippen molar-refractivity contribution in [2.75, 3.05) is 37.0 Å². The zero-order valence-corrected chi connectivity index (χ0v) is 26.8. The van der Waals surface area contributed by atoms with Gasteiger partial charge in [-0.1, -0.05) is 10.2 Å². The molecular formula is C30H46N12. The molecule has 0 aliphatic heterocycles. The second kappa shape index (κ2) is 14.9. The summed E-state index contributed by atoms with van der Waals surface area (Å²) in [7, 11) is 11.8. The molecule has 2 aromatic heterocycles. The summed E-state index contributed by atoms with van der Waals surface area (Å²) in [6.45, 7) is 6.19. The minimum Gasteiger partial charge on any atom is -0.374 e. The van der Waals surface area contributed by atoms with Gasteiger partial charge in [-0.05, 0) is 84.4 Å². The average molecular weight is 575 g/mol. The fraction of sp³-hybridized carbons (Fsp3) is 0.400. The number of benzene rings is 2. The Balaban J connectivity index is 0.00000308. The smallest absolute Gasteiger partial charge is 0.374 e. The fourth-order valence-corrected chi connectivity index (χ4v) is 4.65. The molecule has 0 aliphatic carbocycles. The lowest BCUT2D eigenvalue weighted by Gasteiger charge is -2.24. The number of hydrogen-bond acceptors (Lipinski definition) is 8. The number of aryl methyl sites for hydroxylation is 6. The van der Waals surface area contributed by atoms with Crippen LogP contribution in [-0.2, 0) is 28.2 Å². The zero-order valence-electron chi connectivity index (χ0n) is 26.8. The highest BCUT2D eigenvalue weighted by atomic mass is 15.4. The van der Waals surface area contributed by atoms with Crippen molar-refractivity contribution in [2.24, 2.45) is 48.6 Å². The fourth-order valence-electron chi connectivity index (χ4n) is 4.65. The van der Waals surface area contributed by atoms with Gasteiger partial charge >= 0.3 is 11.9 Å². The molecule has 0 bridgehead atoms. The van der Waals surface area contributed by atoms with E-state index < -0.39 is 0 Å². The Labute approximate surface area is 250 Å². The molecule has 42 heavy (non-hydrogen) atoms. The van der Waals surface area contributed by atoms with Crippen LogP contribution in [0.2, 0.25) is 0 Å². The molecule has 4 rings (SSSR count). The summed E-state index contributed by atoms with van der Waals surface area (Å²) in [6.07, 6.45) is 5.61. The Kier molecular flexibility index (Phi) is 12.0. The van der Waals surface area contributed by atoms with E-state index in [0.29, 0.717) is 11.9 Å². The van der Waals surface area contributed by atoms with E-state index in [2.05, 4.69) is 92.7 Å². The van der Waals surface area contributed by atoms with Crippen molar-refractivity contribution >= 4 is 34.6 Å². The predicted octanol–water partition coefficient (Wildman–Crippen LogP) is 5.50. The molecule has 0 unspecified atom stereocenters. The summed E-state index contributed by atoms with van der Waals surface area (Å²) in [5.41, 5.74) is 6.42. The Morgan fingerprint density at radius 1 is 0.667 bits per heavy atom.